The van der Waals surface area contributed by atoms with Crippen LogP contribution in [0.4, 0.5) is 0 Å². The zero-order chi connectivity index (χ0) is 23.1. The summed E-state index contributed by atoms with van der Waals surface area (Å²) in [6.07, 6.45) is 6.55. The molecule has 170 valence electrons. The Hall–Kier alpha value is -2.21. The Morgan fingerprint density at radius 3 is 2.55 bits per heavy atom. The average molecular weight is 431 g/mol. The minimum Gasteiger partial charge on any atom is -0.454 e. The van der Waals surface area contributed by atoms with Crippen LogP contribution >= 0.6 is 0 Å². The van der Waals surface area contributed by atoms with E-state index in [2.05, 4.69) is 6.92 Å². The van der Waals surface area contributed by atoms with E-state index in [1.54, 1.807) is 13.8 Å². The van der Waals surface area contributed by atoms with Gasteiger partial charge in [0.15, 0.2) is 0 Å². The third-order valence-electron chi connectivity index (χ3n) is 7.02. The fraction of sp³-hybridized carbons (Fsp3) is 0.640. The van der Waals surface area contributed by atoms with Gasteiger partial charge in [-0.3, -0.25) is 4.79 Å². The molecule has 2 aliphatic carbocycles. The number of fused-ring (bicyclic) bond motifs is 3. The molecule has 0 spiro atoms. The Bertz CT molecular complexity index is 867. The fourth-order valence-electron chi connectivity index (χ4n) is 5.72. The number of hydrogen-bond donors (Lipinski definition) is 1. The maximum Gasteiger partial charge on any atom is 0.335 e. The van der Waals surface area contributed by atoms with E-state index in [1.165, 1.54) is 19.3 Å². The van der Waals surface area contributed by atoms with Crippen molar-refractivity contribution in [3.8, 4) is 0 Å². The molecule has 2 bridgehead atoms. The maximum atomic E-state index is 12.9. The fourth-order valence-corrected chi connectivity index (χ4v) is 5.72. The lowest BCUT2D eigenvalue weighted by Crippen LogP contribution is -2.49. The molecule has 0 aromatic carbocycles. The number of ether oxygens (including phenoxy) is 2. The first-order valence-corrected chi connectivity index (χ1v) is 11.0. The Morgan fingerprint density at radius 1 is 1.29 bits per heavy atom. The number of hydrogen-bond acceptors (Lipinski definition) is 6. The van der Waals surface area contributed by atoms with Crippen LogP contribution in [0.15, 0.2) is 35.1 Å². The predicted octanol–water partition coefficient (Wildman–Crippen LogP) is 4.03. The molecular formula is C25H34O6. The van der Waals surface area contributed by atoms with E-state index in [9.17, 15) is 19.5 Å². The van der Waals surface area contributed by atoms with Crippen LogP contribution in [0.5, 0.6) is 0 Å². The van der Waals surface area contributed by atoms with Gasteiger partial charge in [0.05, 0.1) is 11.9 Å². The molecule has 0 amide bonds. The van der Waals surface area contributed by atoms with Gasteiger partial charge in [-0.2, -0.15) is 0 Å². The van der Waals surface area contributed by atoms with Crippen LogP contribution in [0.1, 0.15) is 67.2 Å². The molecule has 3 aliphatic rings. The number of allylic oxidation sites excluding steroid dienone is 2. The standard InChI is InChI=1S/C25H34O6/c1-14(2)11-20(27)30-10-8-18-22-19(12-15(3)26)31-23(28)21(22)16-13-25(18,6)9-7-17(16)24(4,5)29/h8,10-11,16-19,29H,7,9,12-13H2,1-6H3/b10-8+/t16-,17-,18-,19-,25-/m1/s1. The summed E-state index contributed by atoms with van der Waals surface area (Å²) in [5.41, 5.74) is 1.17. The van der Waals surface area contributed by atoms with Crippen LogP contribution in [0.2, 0.25) is 0 Å². The number of cyclic esters (lactones) is 1. The third-order valence-corrected chi connectivity index (χ3v) is 7.02. The van der Waals surface area contributed by atoms with Crippen LogP contribution < -0.4 is 0 Å². The lowest BCUT2D eigenvalue weighted by molar-refractivity contribution is -0.141. The predicted molar refractivity (Wildman–Crippen MR) is 116 cm³/mol. The van der Waals surface area contributed by atoms with Gasteiger partial charge in [0, 0.05) is 24.0 Å². The molecule has 0 aromatic heterocycles. The normalized spacial score (nSPS) is 32.5. The molecule has 5 atom stereocenters. The van der Waals surface area contributed by atoms with Crippen molar-refractivity contribution in [3.63, 3.8) is 0 Å². The number of ketones is 1. The molecule has 1 saturated carbocycles. The van der Waals surface area contributed by atoms with Crippen LogP contribution in [-0.2, 0) is 23.9 Å². The third kappa shape index (κ3) is 4.69. The molecular weight excluding hydrogens is 396 g/mol. The first-order valence-electron chi connectivity index (χ1n) is 11.0. The van der Waals surface area contributed by atoms with Gasteiger partial charge in [0.25, 0.3) is 0 Å². The zero-order valence-corrected chi connectivity index (χ0v) is 19.4. The monoisotopic (exact) mass is 430 g/mol. The molecule has 0 saturated heterocycles. The van der Waals surface area contributed by atoms with E-state index in [4.69, 9.17) is 9.47 Å². The number of Topliss-reactive ketones (excluding diaryl/α,β-unsaturated/α-hetero) is 1. The molecule has 1 aliphatic heterocycles. The van der Waals surface area contributed by atoms with Crippen molar-refractivity contribution in [1.82, 2.24) is 0 Å². The summed E-state index contributed by atoms with van der Waals surface area (Å²) in [5.74, 6) is -1.25. The highest BCUT2D eigenvalue weighted by Gasteiger charge is 2.57. The molecule has 6 heteroatoms. The summed E-state index contributed by atoms with van der Waals surface area (Å²) < 4.78 is 10.9. The van der Waals surface area contributed by atoms with Gasteiger partial charge in [-0.1, -0.05) is 12.5 Å². The average Bonchev–Trinajstić information content (AvgIpc) is 2.91. The van der Waals surface area contributed by atoms with Gasteiger partial charge in [-0.25, -0.2) is 9.59 Å². The van der Waals surface area contributed by atoms with Gasteiger partial charge in [0.2, 0.25) is 0 Å². The second kappa shape index (κ2) is 8.38. The van der Waals surface area contributed by atoms with Crippen molar-refractivity contribution in [2.75, 3.05) is 0 Å². The van der Waals surface area contributed by atoms with Crippen molar-refractivity contribution in [3.05, 3.63) is 35.1 Å². The first-order chi connectivity index (χ1) is 14.3. The quantitative estimate of drug-likeness (QED) is 0.389. The number of esters is 2. The molecule has 31 heavy (non-hydrogen) atoms. The minimum absolute atomic E-state index is 0.0517. The largest absolute Gasteiger partial charge is 0.454 e. The van der Waals surface area contributed by atoms with E-state index in [0.29, 0.717) is 5.57 Å². The summed E-state index contributed by atoms with van der Waals surface area (Å²) in [6.45, 7) is 10.9. The van der Waals surface area contributed by atoms with Gasteiger partial charge in [0.1, 0.15) is 11.9 Å². The molecule has 1 heterocycles. The molecule has 3 rings (SSSR count). The highest BCUT2D eigenvalue weighted by molar-refractivity contribution is 5.94. The topological polar surface area (TPSA) is 89.9 Å². The Labute approximate surface area is 184 Å². The smallest absolute Gasteiger partial charge is 0.335 e. The highest BCUT2D eigenvalue weighted by atomic mass is 16.5. The van der Waals surface area contributed by atoms with E-state index < -0.39 is 17.7 Å². The molecule has 6 nitrogen and oxygen atoms in total. The summed E-state index contributed by atoms with van der Waals surface area (Å²) in [5, 5.41) is 10.8. The van der Waals surface area contributed by atoms with Crippen LogP contribution in [0, 0.1) is 23.2 Å². The second-order valence-electron chi connectivity index (χ2n) is 10.4. The summed E-state index contributed by atoms with van der Waals surface area (Å²) in [4.78, 5) is 36.8. The Morgan fingerprint density at radius 2 is 1.97 bits per heavy atom. The van der Waals surface area contributed by atoms with Crippen LogP contribution in [-0.4, -0.2) is 34.5 Å². The van der Waals surface area contributed by atoms with Crippen molar-refractivity contribution in [1.29, 1.82) is 0 Å². The van der Waals surface area contributed by atoms with Gasteiger partial charge in [-0.05, 0) is 82.8 Å². The van der Waals surface area contributed by atoms with Crippen LogP contribution in [0.3, 0.4) is 0 Å². The molecule has 1 fully saturated rings. The SMILES string of the molecule is CC(=O)C[C@H]1OC(=O)C2=C1[C@@H](/C=C/OC(=O)C=C(C)C)[C@]1(C)CC[C@@H](C(C)(C)O)[C@H]2C1. The van der Waals surface area contributed by atoms with Crippen molar-refractivity contribution < 1.29 is 29.0 Å². The minimum atomic E-state index is -0.925. The van der Waals surface area contributed by atoms with E-state index in [-0.39, 0.29) is 41.3 Å². The highest BCUT2D eigenvalue weighted by Crippen LogP contribution is 2.60. The van der Waals surface area contributed by atoms with E-state index in [1.807, 2.05) is 19.9 Å². The van der Waals surface area contributed by atoms with Gasteiger partial charge in [-0.15, -0.1) is 0 Å². The maximum absolute atomic E-state index is 12.9. The van der Waals surface area contributed by atoms with Gasteiger partial charge < -0.3 is 14.6 Å². The summed E-state index contributed by atoms with van der Waals surface area (Å²) in [6, 6.07) is 0. The van der Waals surface area contributed by atoms with Gasteiger partial charge >= 0.3 is 11.9 Å². The Balaban J connectivity index is 2.04. The number of rotatable bonds is 6. The molecule has 0 radical (unpaired) electrons. The second-order valence-corrected chi connectivity index (χ2v) is 10.4. The molecule has 1 N–H and O–H groups in total. The number of carbonyl (C=O) groups is 3. The summed E-state index contributed by atoms with van der Waals surface area (Å²) >= 11 is 0. The lowest BCUT2D eigenvalue weighted by Gasteiger charge is -2.53. The zero-order valence-electron chi connectivity index (χ0n) is 19.4. The van der Waals surface area contributed by atoms with E-state index >= 15 is 0 Å². The van der Waals surface area contributed by atoms with E-state index in [0.717, 1.165) is 30.4 Å². The number of carbonyl (C=O) groups excluding carboxylic acids is 3. The molecule has 0 unspecified atom stereocenters. The first kappa shape index (κ1) is 23.5. The van der Waals surface area contributed by atoms with Crippen molar-refractivity contribution >= 4 is 17.7 Å². The van der Waals surface area contributed by atoms with Crippen molar-refractivity contribution in [2.45, 2.75) is 78.9 Å². The lowest BCUT2D eigenvalue weighted by atomic mass is 9.51. The van der Waals surface area contributed by atoms with Crippen LogP contribution in [0.25, 0.3) is 0 Å². The number of aliphatic hydroxyl groups is 1. The molecule has 0 aromatic rings. The summed E-state index contributed by atoms with van der Waals surface area (Å²) in [7, 11) is 0. The Kier molecular flexibility index (Phi) is 6.34. The van der Waals surface area contributed by atoms with Crippen molar-refractivity contribution in [2.24, 2.45) is 23.2 Å².